The van der Waals surface area contributed by atoms with Crippen LogP contribution in [-0.4, -0.2) is 25.1 Å². The molecule has 0 fully saturated rings. The van der Waals surface area contributed by atoms with Crippen LogP contribution in [0.15, 0.2) is 53.9 Å². The molecule has 1 heterocycles. The van der Waals surface area contributed by atoms with Crippen molar-refractivity contribution in [2.24, 2.45) is 0 Å². The van der Waals surface area contributed by atoms with E-state index >= 15 is 0 Å². The van der Waals surface area contributed by atoms with Crippen LogP contribution in [-0.2, 0) is 16.0 Å². The Bertz CT molecular complexity index is 1020. The van der Waals surface area contributed by atoms with Crippen molar-refractivity contribution in [1.82, 2.24) is 0 Å². The molecule has 2 aromatic carbocycles. The lowest BCUT2D eigenvalue weighted by Gasteiger charge is -2.10. The first kappa shape index (κ1) is 21.6. The van der Waals surface area contributed by atoms with Gasteiger partial charge in [0, 0.05) is 10.9 Å². The van der Waals surface area contributed by atoms with E-state index in [2.05, 4.69) is 12.2 Å². The van der Waals surface area contributed by atoms with E-state index in [1.54, 1.807) is 6.92 Å². The molecule has 0 aliphatic carbocycles. The first-order chi connectivity index (χ1) is 14.5. The summed E-state index contributed by atoms with van der Waals surface area (Å²) in [5, 5.41) is 5.12. The Balaban J connectivity index is 1.78. The second kappa shape index (κ2) is 10.1. The minimum absolute atomic E-state index is 0.146. The fourth-order valence-electron chi connectivity index (χ4n) is 2.97. The predicted molar refractivity (Wildman–Crippen MR) is 120 cm³/mol. The third-order valence-electron chi connectivity index (χ3n) is 4.56. The van der Waals surface area contributed by atoms with Gasteiger partial charge in [0.05, 0.1) is 6.61 Å². The molecule has 0 aliphatic heterocycles. The zero-order valence-electron chi connectivity index (χ0n) is 17.4. The molecular weight excluding hydrogens is 398 g/mol. The van der Waals surface area contributed by atoms with E-state index < -0.39 is 5.97 Å². The molecule has 1 N–H and O–H groups in total. The SMILES string of the molecule is CCOC(=O)c1c(-c2ccc(C)cc2)csc1NC(=O)COc1cccc(CC)c1. The molecule has 6 heteroatoms. The van der Waals surface area contributed by atoms with Gasteiger partial charge in [-0.2, -0.15) is 0 Å². The number of hydrogen-bond donors (Lipinski definition) is 1. The third-order valence-corrected chi connectivity index (χ3v) is 5.46. The lowest BCUT2D eigenvalue weighted by molar-refractivity contribution is -0.118. The van der Waals surface area contributed by atoms with Crippen LogP contribution in [0, 0.1) is 6.92 Å². The highest BCUT2D eigenvalue weighted by molar-refractivity contribution is 7.15. The molecule has 0 unspecified atom stereocenters. The third kappa shape index (κ3) is 5.27. The van der Waals surface area contributed by atoms with Crippen LogP contribution in [0.1, 0.15) is 35.3 Å². The fraction of sp³-hybridized carbons (Fsp3) is 0.250. The van der Waals surface area contributed by atoms with Crippen LogP contribution in [0.25, 0.3) is 11.1 Å². The van der Waals surface area contributed by atoms with Crippen molar-refractivity contribution in [3.63, 3.8) is 0 Å². The van der Waals surface area contributed by atoms with Gasteiger partial charge in [-0.25, -0.2) is 4.79 Å². The molecule has 0 saturated heterocycles. The number of ether oxygens (including phenoxy) is 2. The minimum Gasteiger partial charge on any atom is -0.484 e. The van der Waals surface area contributed by atoms with E-state index in [1.165, 1.54) is 11.3 Å². The Morgan fingerprint density at radius 3 is 2.53 bits per heavy atom. The summed E-state index contributed by atoms with van der Waals surface area (Å²) in [5.41, 5.74) is 4.27. The van der Waals surface area contributed by atoms with E-state index in [1.807, 2.05) is 60.8 Å². The van der Waals surface area contributed by atoms with Crippen LogP contribution in [0.5, 0.6) is 5.75 Å². The molecule has 30 heavy (non-hydrogen) atoms. The Kier molecular flexibility index (Phi) is 7.25. The fourth-order valence-corrected chi connectivity index (χ4v) is 3.94. The summed E-state index contributed by atoms with van der Waals surface area (Å²) in [6.07, 6.45) is 0.892. The maximum atomic E-state index is 12.6. The van der Waals surface area contributed by atoms with Crippen LogP contribution in [0.2, 0.25) is 0 Å². The maximum absolute atomic E-state index is 12.6. The quantitative estimate of drug-likeness (QED) is 0.487. The number of carbonyl (C=O) groups is 2. The summed E-state index contributed by atoms with van der Waals surface area (Å²) in [6, 6.07) is 15.5. The molecule has 0 aliphatic rings. The summed E-state index contributed by atoms with van der Waals surface area (Å²) < 4.78 is 10.8. The molecule has 1 amide bonds. The lowest BCUT2D eigenvalue weighted by atomic mass is 10.0. The summed E-state index contributed by atoms with van der Waals surface area (Å²) >= 11 is 1.30. The molecule has 0 atom stereocenters. The Hall–Kier alpha value is -3.12. The average molecular weight is 424 g/mol. The number of amides is 1. The lowest BCUT2D eigenvalue weighted by Crippen LogP contribution is -2.21. The summed E-state index contributed by atoms with van der Waals surface area (Å²) in [5.74, 6) is -0.150. The van der Waals surface area contributed by atoms with Crippen molar-refractivity contribution in [2.45, 2.75) is 27.2 Å². The first-order valence-electron chi connectivity index (χ1n) is 9.89. The summed E-state index contributed by atoms with van der Waals surface area (Å²) in [4.78, 5) is 25.1. The minimum atomic E-state index is -0.457. The van der Waals surface area contributed by atoms with Gasteiger partial charge in [0.2, 0.25) is 0 Å². The average Bonchev–Trinajstić information content (AvgIpc) is 3.16. The molecule has 3 rings (SSSR count). The molecule has 0 spiro atoms. The van der Waals surface area contributed by atoms with Gasteiger partial charge in [-0.05, 0) is 43.5 Å². The van der Waals surface area contributed by atoms with Gasteiger partial charge in [0.25, 0.3) is 5.91 Å². The summed E-state index contributed by atoms with van der Waals surface area (Å²) in [7, 11) is 0. The van der Waals surface area contributed by atoms with Gasteiger partial charge in [-0.3, -0.25) is 4.79 Å². The molecule has 0 bridgehead atoms. The van der Waals surface area contributed by atoms with Gasteiger partial charge in [0.15, 0.2) is 6.61 Å². The first-order valence-corrected chi connectivity index (χ1v) is 10.8. The second-order valence-electron chi connectivity index (χ2n) is 6.78. The molecule has 1 aromatic heterocycles. The molecule has 5 nitrogen and oxygen atoms in total. The number of anilines is 1. The van der Waals surface area contributed by atoms with Gasteiger partial charge in [0.1, 0.15) is 16.3 Å². The number of thiophene rings is 1. The molecule has 0 radical (unpaired) electrons. The van der Waals surface area contributed by atoms with Crippen LogP contribution in [0.3, 0.4) is 0 Å². The maximum Gasteiger partial charge on any atom is 0.341 e. The molecule has 0 saturated carbocycles. The number of aryl methyl sites for hydroxylation is 2. The number of hydrogen-bond acceptors (Lipinski definition) is 5. The molecule has 3 aromatic rings. The Labute approximate surface area is 180 Å². The monoisotopic (exact) mass is 423 g/mol. The predicted octanol–water partition coefficient (Wildman–Crippen LogP) is 5.48. The Morgan fingerprint density at radius 1 is 1.07 bits per heavy atom. The topological polar surface area (TPSA) is 64.6 Å². The van der Waals surface area contributed by atoms with Crippen molar-refractivity contribution in [3.05, 3.63) is 70.6 Å². The van der Waals surface area contributed by atoms with E-state index in [0.717, 1.165) is 28.7 Å². The smallest absolute Gasteiger partial charge is 0.341 e. The number of rotatable bonds is 8. The van der Waals surface area contributed by atoms with Crippen molar-refractivity contribution < 1.29 is 19.1 Å². The van der Waals surface area contributed by atoms with Crippen LogP contribution < -0.4 is 10.1 Å². The highest BCUT2D eigenvalue weighted by Gasteiger charge is 2.23. The van der Waals surface area contributed by atoms with Gasteiger partial charge in [-0.1, -0.05) is 48.9 Å². The zero-order chi connectivity index (χ0) is 21.5. The van der Waals surface area contributed by atoms with E-state index in [-0.39, 0.29) is 19.1 Å². The highest BCUT2D eigenvalue weighted by Crippen LogP contribution is 2.36. The number of esters is 1. The van der Waals surface area contributed by atoms with Gasteiger partial charge >= 0.3 is 5.97 Å². The standard InChI is InChI=1S/C24H25NO4S/c1-4-17-7-6-8-19(13-17)29-14-21(26)25-23-22(24(27)28-5-2)20(15-30-23)18-11-9-16(3)10-12-18/h6-13,15H,4-5,14H2,1-3H3,(H,25,26). The largest absolute Gasteiger partial charge is 0.484 e. The highest BCUT2D eigenvalue weighted by atomic mass is 32.1. The second-order valence-corrected chi connectivity index (χ2v) is 7.66. The van der Waals surface area contributed by atoms with Crippen molar-refractivity contribution >= 4 is 28.2 Å². The zero-order valence-corrected chi connectivity index (χ0v) is 18.2. The van der Waals surface area contributed by atoms with Crippen LogP contribution >= 0.6 is 11.3 Å². The molecule has 156 valence electrons. The van der Waals surface area contributed by atoms with Gasteiger partial charge < -0.3 is 14.8 Å². The summed E-state index contributed by atoms with van der Waals surface area (Å²) in [6.45, 7) is 5.93. The molecular formula is C24H25NO4S. The van der Waals surface area contributed by atoms with Crippen molar-refractivity contribution in [1.29, 1.82) is 0 Å². The van der Waals surface area contributed by atoms with E-state index in [4.69, 9.17) is 9.47 Å². The van der Waals surface area contributed by atoms with Crippen molar-refractivity contribution in [2.75, 3.05) is 18.5 Å². The van der Waals surface area contributed by atoms with E-state index in [9.17, 15) is 9.59 Å². The van der Waals surface area contributed by atoms with Crippen LogP contribution in [0.4, 0.5) is 5.00 Å². The number of carbonyl (C=O) groups excluding carboxylic acids is 2. The number of benzene rings is 2. The van der Waals surface area contributed by atoms with Gasteiger partial charge in [-0.15, -0.1) is 11.3 Å². The normalized spacial score (nSPS) is 10.5. The van der Waals surface area contributed by atoms with Crippen molar-refractivity contribution in [3.8, 4) is 16.9 Å². The Morgan fingerprint density at radius 2 is 1.83 bits per heavy atom. The number of nitrogens with one attached hydrogen (secondary N) is 1. The van der Waals surface area contributed by atoms with E-state index in [0.29, 0.717) is 16.3 Å².